The van der Waals surface area contributed by atoms with Gasteiger partial charge in [-0.15, -0.1) is 5.10 Å². The lowest BCUT2D eigenvalue weighted by molar-refractivity contribution is 0.237. The molecule has 1 aliphatic rings. The van der Waals surface area contributed by atoms with E-state index in [2.05, 4.69) is 32.5 Å². The molecule has 0 amide bonds. The molecular weight excluding hydrogens is 300 g/mol. The second kappa shape index (κ2) is 6.44. The molecule has 1 unspecified atom stereocenters. The highest BCUT2D eigenvalue weighted by molar-refractivity contribution is 5.91. The molecule has 0 spiro atoms. The van der Waals surface area contributed by atoms with Crippen molar-refractivity contribution in [3.05, 3.63) is 30.9 Å². The number of rotatable bonds is 4. The van der Waals surface area contributed by atoms with E-state index in [0.29, 0.717) is 12.3 Å². The van der Waals surface area contributed by atoms with Gasteiger partial charge in [0.15, 0.2) is 5.65 Å². The Morgan fingerprint density at radius 1 is 1.29 bits per heavy atom. The molecule has 24 heavy (non-hydrogen) atoms. The molecule has 0 aromatic carbocycles. The van der Waals surface area contributed by atoms with Crippen molar-refractivity contribution in [1.82, 2.24) is 25.0 Å². The quantitative estimate of drug-likeness (QED) is 0.791. The summed E-state index contributed by atoms with van der Waals surface area (Å²) in [4.78, 5) is 3.09. The van der Waals surface area contributed by atoms with Crippen LogP contribution in [0.25, 0.3) is 22.2 Å². The van der Waals surface area contributed by atoms with Gasteiger partial charge in [0, 0.05) is 28.9 Å². The minimum absolute atomic E-state index is 0.167. The molecule has 6 nitrogen and oxygen atoms in total. The van der Waals surface area contributed by atoms with Crippen LogP contribution in [-0.2, 0) is 0 Å². The minimum Gasteiger partial charge on any atom is -0.345 e. The summed E-state index contributed by atoms with van der Waals surface area (Å²) in [7, 11) is 0. The standard InChI is InChI=1S/C18H20N6/c19-8-6-17(13-4-2-1-3-5-13)24-12-14(10-22-24)16-11-21-23-18-15(16)7-9-20-18/h7,9-13,17H,1-6H2,(H,20,23). The van der Waals surface area contributed by atoms with Gasteiger partial charge in [0.25, 0.3) is 0 Å². The van der Waals surface area contributed by atoms with Crippen molar-refractivity contribution >= 4 is 11.0 Å². The Morgan fingerprint density at radius 2 is 2.17 bits per heavy atom. The first-order valence-corrected chi connectivity index (χ1v) is 8.57. The first-order chi connectivity index (χ1) is 11.9. The zero-order valence-electron chi connectivity index (χ0n) is 13.5. The van der Waals surface area contributed by atoms with Crippen molar-refractivity contribution in [3.8, 4) is 17.2 Å². The van der Waals surface area contributed by atoms with Crippen molar-refractivity contribution < 1.29 is 0 Å². The predicted molar refractivity (Wildman–Crippen MR) is 91.0 cm³/mol. The Morgan fingerprint density at radius 3 is 3.00 bits per heavy atom. The third-order valence-electron chi connectivity index (χ3n) is 5.11. The van der Waals surface area contributed by atoms with Crippen LogP contribution < -0.4 is 0 Å². The number of fused-ring (bicyclic) bond motifs is 1. The van der Waals surface area contributed by atoms with E-state index in [1.54, 1.807) is 6.20 Å². The summed E-state index contributed by atoms with van der Waals surface area (Å²) in [6, 6.07) is 4.52. The molecule has 0 saturated heterocycles. The zero-order chi connectivity index (χ0) is 16.4. The van der Waals surface area contributed by atoms with Gasteiger partial charge in [0.1, 0.15) is 0 Å². The third-order valence-corrected chi connectivity index (χ3v) is 5.11. The molecule has 3 heterocycles. The summed E-state index contributed by atoms with van der Waals surface area (Å²) in [6.07, 6.45) is 14.3. The summed E-state index contributed by atoms with van der Waals surface area (Å²) >= 11 is 0. The molecule has 1 atom stereocenters. The van der Waals surface area contributed by atoms with Crippen LogP contribution in [-0.4, -0.2) is 25.0 Å². The smallest absolute Gasteiger partial charge is 0.160 e. The molecule has 3 aromatic heterocycles. The summed E-state index contributed by atoms with van der Waals surface area (Å²) in [5, 5.41) is 23.0. The maximum absolute atomic E-state index is 9.25. The van der Waals surface area contributed by atoms with Gasteiger partial charge in [-0.25, -0.2) is 0 Å². The highest BCUT2D eigenvalue weighted by Gasteiger charge is 2.26. The number of aromatic amines is 1. The third kappa shape index (κ3) is 2.67. The van der Waals surface area contributed by atoms with E-state index in [-0.39, 0.29) is 6.04 Å². The second-order valence-electron chi connectivity index (χ2n) is 6.53. The van der Waals surface area contributed by atoms with Crippen LogP contribution >= 0.6 is 0 Å². The van der Waals surface area contributed by atoms with E-state index < -0.39 is 0 Å². The van der Waals surface area contributed by atoms with Gasteiger partial charge in [-0.3, -0.25) is 4.68 Å². The summed E-state index contributed by atoms with van der Waals surface area (Å²) in [5.74, 6) is 0.550. The van der Waals surface area contributed by atoms with Gasteiger partial charge in [-0.2, -0.15) is 15.5 Å². The van der Waals surface area contributed by atoms with Crippen molar-refractivity contribution in [2.45, 2.75) is 44.6 Å². The molecule has 1 N–H and O–H groups in total. The lowest BCUT2D eigenvalue weighted by atomic mass is 9.83. The Bertz CT molecular complexity index is 865. The average Bonchev–Trinajstić information content (AvgIpc) is 3.29. The maximum atomic E-state index is 9.25. The SMILES string of the molecule is N#CCC(C1CCCCC1)n1cc(-c2cnnc3[nH]ccc23)cn1. The fourth-order valence-electron chi connectivity index (χ4n) is 3.85. The van der Waals surface area contributed by atoms with E-state index >= 15 is 0 Å². The van der Waals surface area contributed by atoms with Crippen molar-refractivity contribution in [2.24, 2.45) is 5.92 Å². The number of H-pyrrole nitrogens is 1. The largest absolute Gasteiger partial charge is 0.345 e. The predicted octanol–water partition coefficient (Wildman–Crippen LogP) is 3.86. The van der Waals surface area contributed by atoms with E-state index in [1.165, 1.54) is 32.1 Å². The number of nitrogens with zero attached hydrogens (tertiary/aromatic N) is 5. The van der Waals surface area contributed by atoms with Gasteiger partial charge in [0.05, 0.1) is 30.9 Å². The Hall–Kier alpha value is -2.68. The number of hydrogen-bond acceptors (Lipinski definition) is 4. The van der Waals surface area contributed by atoms with Crippen LogP contribution in [0, 0.1) is 17.2 Å². The monoisotopic (exact) mass is 320 g/mol. The molecule has 122 valence electrons. The van der Waals surface area contributed by atoms with Crippen LogP contribution in [0.5, 0.6) is 0 Å². The summed E-state index contributed by atoms with van der Waals surface area (Å²) in [5.41, 5.74) is 2.82. The van der Waals surface area contributed by atoms with Gasteiger partial charge in [-0.05, 0) is 24.8 Å². The number of aromatic nitrogens is 5. The summed E-state index contributed by atoms with van der Waals surface area (Å²) in [6.45, 7) is 0. The number of nitriles is 1. The van der Waals surface area contributed by atoms with Crippen LogP contribution in [0.4, 0.5) is 0 Å². The van der Waals surface area contributed by atoms with Gasteiger partial charge in [0.2, 0.25) is 0 Å². The van der Waals surface area contributed by atoms with Gasteiger partial charge < -0.3 is 4.98 Å². The zero-order valence-corrected chi connectivity index (χ0v) is 13.5. The highest BCUT2D eigenvalue weighted by atomic mass is 15.3. The van der Waals surface area contributed by atoms with Gasteiger partial charge >= 0.3 is 0 Å². The minimum atomic E-state index is 0.167. The Balaban J connectivity index is 1.68. The van der Waals surface area contributed by atoms with E-state index in [0.717, 1.165) is 22.2 Å². The van der Waals surface area contributed by atoms with Crippen LogP contribution in [0.3, 0.4) is 0 Å². The molecule has 0 radical (unpaired) electrons. The molecule has 3 aromatic rings. The van der Waals surface area contributed by atoms with E-state index in [1.807, 2.05) is 23.1 Å². The van der Waals surface area contributed by atoms with Crippen LogP contribution in [0.1, 0.15) is 44.6 Å². The topological polar surface area (TPSA) is 83.2 Å². The average molecular weight is 320 g/mol. The van der Waals surface area contributed by atoms with Crippen molar-refractivity contribution in [3.63, 3.8) is 0 Å². The number of nitrogens with one attached hydrogen (secondary N) is 1. The molecular formula is C18H20N6. The Kier molecular flexibility index (Phi) is 3.99. The Labute approximate surface area is 140 Å². The van der Waals surface area contributed by atoms with E-state index in [9.17, 15) is 5.26 Å². The second-order valence-corrected chi connectivity index (χ2v) is 6.53. The molecule has 1 saturated carbocycles. The maximum Gasteiger partial charge on any atom is 0.160 e. The normalized spacial score (nSPS) is 17.0. The van der Waals surface area contributed by atoms with Crippen molar-refractivity contribution in [1.29, 1.82) is 5.26 Å². The lowest BCUT2D eigenvalue weighted by Crippen LogP contribution is -2.22. The van der Waals surface area contributed by atoms with E-state index in [4.69, 9.17) is 0 Å². The molecule has 0 aliphatic heterocycles. The first kappa shape index (κ1) is 14.9. The fourth-order valence-corrected chi connectivity index (χ4v) is 3.85. The van der Waals surface area contributed by atoms with Crippen LogP contribution in [0.2, 0.25) is 0 Å². The molecule has 0 bridgehead atoms. The van der Waals surface area contributed by atoms with Gasteiger partial charge in [-0.1, -0.05) is 19.3 Å². The van der Waals surface area contributed by atoms with Crippen LogP contribution in [0.15, 0.2) is 30.9 Å². The summed E-state index contributed by atoms with van der Waals surface area (Å²) < 4.78 is 1.99. The first-order valence-electron chi connectivity index (χ1n) is 8.57. The highest BCUT2D eigenvalue weighted by Crippen LogP contribution is 2.35. The lowest BCUT2D eigenvalue weighted by Gasteiger charge is -2.29. The molecule has 1 aliphatic carbocycles. The molecule has 6 heteroatoms. The molecule has 1 fully saturated rings. The molecule has 4 rings (SSSR count). The number of hydrogen-bond donors (Lipinski definition) is 1. The fraction of sp³-hybridized carbons (Fsp3) is 0.444. The van der Waals surface area contributed by atoms with Crippen molar-refractivity contribution in [2.75, 3.05) is 0 Å².